The Kier molecular flexibility index (Phi) is 7.00. The van der Waals surface area contributed by atoms with E-state index in [0.717, 1.165) is 5.56 Å². The largest absolute Gasteiger partial charge is 0.380 e. The van der Waals surface area contributed by atoms with Gasteiger partial charge in [0.2, 0.25) is 0 Å². The van der Waals surface area contributed by atoms with Gasteiger partial charge in [0.15, 0.2) is 9.84 Å². The molecule has 0 aliphatic rings. The zero-order valence-corrected chi connectivity index (χ0v) is 17.6. The number of hydrogen-bond acceptors (Lipinski definition) is 5. The Balaban J connectivity index is 1.61. The van der Waals surface area contributed by atoms with Crippen molar-refractivity contribution in [3.8, 4) is 0 Å². The number of carbonyl (C=O) groups is 1. The van der Waals surface area contributed by atoms with Gasteiger partial charge in [0.1, 0.15) is 5.82 Å². The molecule has 8 heteroatoms. The summed E-state index contributed by atoms with van der Waals surface area (Å²) in [7, 11) is -1.77. The number of ether oxygens (including phenoxy) is 1. The maximum Gasteiger partial charge on any atom is 0.261 e. The van der Waals surface area contributed by atoms with Crippen LogP contribution in [0.15, 0.2) is 48.5 Å². The summed E-state index contributed by atoms with van der Waals surface area (Å²) in [5, 5.41) is 3.14. The molecule has 0 saturated heterocycles. The molecule has 1 N–H and O–H groups in total. The summed E-state index contributed by atoms with van der Waals surface area (Å²) in [6, 6.07) is 13.7. The normalized spacial score (nSPS) is 11.7. The van der Waals surface area contributed by atoms with Crippen LogP contribution in [0.3, 0.4) is 0 Å². The van der Waals surface area contributed by atoms with E-state index < -0.39 is 15.7 Å². The molecular formula is C21H22FNO4S2. The minimum Gasteiger partial charge on any atom is -0.380 e. The number of methoxy groups -OCH3 is 1. The molecule has 0 spiro atoms. The van der Waals surface area contributed by atoms with Gasteiger partial charge in [-0.2, -0.15) is 0 Å². The summed E-state index contributed by atoms with van der Waals surface area (Å²) < 4.78 is 44.5. The van der Waals surface area contributed by atoms with Crippen LogP contribution in [0.1, 0.15) is 27.2 Å². The van der Waals surface area contributed by atoms with E-state index in [9.17, 15) is 17.6 Å². The molecule has 0 fully saturated rings. The Bertz CT molecular complexity index is 1090. The molecule has 5 nitrogen and oxygen atoms in total. The highest BCUT2D eigenvalue weighted by molar-refractivity contribution is 7.90. The van der Waals surface area contributed by atoms with Gasteiger partial charge in [-0.05, 0) is 24.1 Å². The van der Waals surface area contributed by atoms with Crippen LogP contribution in [-0.2, 0) is 26.9 Å². The topological polar surface area (TPSA) is 72.5 Å². The summed E-state index contributed by atoms with van der Waals surface area (Å²) in [4.78, 5) is 13.0. The van der Waals surface area contributed by atoms with Crippen molar-refractivity contribution < 1.29 is 22.3 Å². The molecule has 1 heterocycles. The number of thiophene rings is 1. The zero-order chi connectivity index (χ0) is 20.9. The van der Waals surface area contributed by atoms with Gasteiger partial charge in [-0.25, -0.2) is 12.8 Å². The van der Waals surface area contributed by atoms with Crippen LogP contribution in [0.4, 0.5) is 4.39 Å². The van der Waals surface area contributed by atoms with Crippen LogP contribution in [0.5, 0.6) is 0 Å². The van der Waals surface area contributed by atoms with Crippen molar-refractivity contribution in [2.45, 2.75) is 18.8 Å². The highest BCUT2D eigenvalue weighted by atomic mass is 32.2. The minimum absolute atomic E-state index is 0.0185. The molecule has 29 heavy (non-hydrogen) atoms. The molecule has 3 aromatic rings. The second kappa shape index (κ2) is 9.47. The third-order valence-corrected chi connectivity index (χ3v) is 7.29. The van der Waals surface area contributed by atoms with Crippen LogP contribution in [-0.4, -0.2) is 33.7 Å². The summed E-state index contributed by atoms with van der Waals surface area (Å²) in [5.41, 5.74) is 1.26. The van der Waals surface area contributed by atoms with E-state index in [0.29, 0.717) is 26.9 Å². The molecule has 0 aliphatic heterocycles. The Morgan fingerprint density at radius 3 is 2.62 bits per heavy atom. The van der Waals surface area contributed by atoms with E-state index in [-0.39, 0.29) is 30.6 Å². The maximum absolute atomic E-state index is 14.2. The number of rotatable bonds is 9. The average molecular weight is 436 g/mol. The molecule has 154 valence electrons. The second-order valence-electron chi connectivity index (χ2n) is 6.64. The van der Waals surface area contributed by atoms with Gasteiger partial charge in [-0.1, -0.05) is 36.4 Å². The molecule has 0 bridgehead atoms. The van der Waals surface area contributed by atoms with E-state index in [2.05, 4.69) is 5.32 Å². The van der Waals surface area contributed by atoms with Crippen molar-refractivity contribution in [2.24, 2.45) is 0 Å². The lowest BCUT2D eigenvalue weighted by molar-refractivity contribution is 0.0953. The molecule has 0 radical (unpaired) electrons. The fraction of sp³-hybridized carbons (Fsp3) is 0.286. The molecule has 1 aromatic heterocycles. The lowest BCUT2D eigenvalue weighted by Gasteiger charge is -2.07. The van der Waals surface area contributed by atoms with E-state index >= 15 is 0 Å². The standard InChI is InChI=1S/C21H22FNO4S2/c1-27-13-16-19-17(22)9-5-10-18(19)28-20(16)21(24)23-11-6-12-29(25,26)14-15-7-3-2-4-8-15/h2-5,7-10H,6,11-14H2,1H3,(H,23,24). The van der Waals surface area contributed by atoms with Crippen LogP contribution < -0.4 is 5.32 Å². The summed E-state index contributed by atoms with van der Waals surface area (Å²) >= 11 is 1.20. The number of hydrogen-bond donors (Lipinski definition) is 1. The molecule has 3 rings (SSSR count). The molecule has 2 aromatic carbocycles. The number of benzene rings is 2. The summed E-state index contributed by atoms with van der Waals surface area (Å²) in [6.45, 7) is 0.338. The molecule has 0 atom stereocenters. The van der Waals surface area contributed by atoms with E-state index in [1.54, 1.807) is 36.4 Å². The highest BCUT2D eigenvalue weighted by Gasteiger charge is 2.20. The first-order valence-electron chi connectivity index (χ1n) is 9.12. The summed E-state index contributed by atoms with van der Waals surface area (Å²) in [5.74, 6) is -0.779. The quantitative estimate of drug-likeness (QED) is 0.517. The van der Waals surface area contributed by atoms with Crippen molar-refractivity contribution in [1.29, 1.82) is 0 Å². The van der Waals surface area contributed by atoms with Crippen LogP contribution in [0.2, 0.25) is 0 Å². The van der Waals surface area contributed by atoms with Crippen LogP contribution >= 0.6 is 11.3 Å². The van der Waals surface area contributed by atoms with Gasteiger partial charge in [0.05, 0.1) is 23.0 Å². The van der Waals surface area contributed by atoms with E-state index in [4.69, 9.17) is 4.74 Å². The predicted molar refractivity (Wildman–Crippen MR) is 113 cm³/mol. The molecule has 0 unspecified atom stereocenters. The molecule has 1 amide bonds. The van der Waals surface area contributed by atoms with E-state index in [1.807, 2.05) is 6.07 Å². The first kappa shape index (κ1) is 21.4. The molecule has 0 aliphatic carbocycles. The highest BCUT2D eigenvalue weighted by Crippen LogP contribution is 2.33. The molecular weight excluding hydrogens is 413 g/mol. The van der Waals surface area contributed by atoms with Gasteiger partial charge >= 0.3 is 0 Å². The van der Waals surface area contributed by atoms with Crippen molar-refractivity contribution in [3.05, 3.63) is 70.4 Å². The zero-order valence-electron chi connectivity index (χ0n) is 16.0. The van der Waals surface area contributed by atoms with Crippen molar-refractivity contribution in [3.63, 3.8) is 0 Å². The van der Waals surface area contributed by atoms with Gasteiger partial charge in [0, 0.05) is 29.3 Å². The average Bonchev–Trinajstić information content (AvgIpc) is 3.06. The number of sulfone groups is 1. The first-order valence-corrected chi connectivity index (χ1v) is 11.8. The number of fused-ring (bicyclic) bond motifs is 1. The fourth-order valence-electron chi connectivity index (χ4n) is 3.11. The number of halogens is 1. The van der Waals surface area contributed by atoms with Crippen molar-refractivity contribution in [1.82, 2.24) is 5.32 Å². The Labute approximate surface area is 173 Å². The number of carbonyl (C=O) groups excluding carboxylic acids is 1. The van der Waals surface area contributed by atoms with Crippen LogP contribution in [0, 0.1) is 5.82 Å². The van der Waals surface area contributed by atoms with E-state index in [1.165, 1.54) is 24.5 Å². The maximum atomic E-state index is 14.2. The van der Waals surface area contributed by atoms with Crippen molar-refractivity contribution in [2.75, 3.05) is 19.4 Å². The first-order chi connectivity index (χ1) is 13.9. The second-order valence-corrected chi connectivity index (χ2v) is 9.88. The van der Waals surface area contributed by atoms with Gasteiger partial charge in [-0.3, -0.25) is 4.79 Å². The van der Waals surface area contributed by atoms with Gasteiger partial charge in [0.25, 0.3) is 5.91 Å². The van der Waals surface area contributed by atoms with Gasteiger partial charge < -0.3 is 10.1 Å². The third kappa shape index (κ3) is 5.41. The Morgan fingerprint density at radius 2 is 1.90 bits per heavy atom. The molecule has 0 saturated carbocycles. The third-order valence-electron chi connectivity index (χ3n) is 4.41. The fourth-order valence-corrected chi connectivity index (χ4v) is 5.67. The Hall–Kier alpha value is -2.29. The van der Waals surface area contributed by atoms with Crippen molar-refractivity contribution >= 4 is 37.2 Å². The SMILES string of the molecule is COCc1c(C(=O)NCCCS(=O)(=O)Cc2ccccc2)sc2cccc(F)c12. The smallest absolute Gasteiger partial charge is 0.261 e. The minimum atomic E-state index is -3.26. The monoisotopic (exact) mass is 435 g/mol. The number of amides is 1. The lowest BCUT2D eigenvalue weighted by atomic mass is 10.1. The Morgan fingerprint density at radius 1 is 1.14 bits per heavy atom. The summed E-state index contributed by atoms with van der Waals surface area (Å²) in [6.07, 6.45) is 0.305. The predicted octanol–water partition coefficient (Wildman–Crippen LogP) is 3.92. The lowest BCUT2D eigenvalue weighted by Crippen LogP contribution is -2.26. The van der Waals surface area contributed by atoms with Gasteiger partial charge in [-0.15, -0.1) is 11.3 Å². The van der Waals surface area contributed by atoms with Crippen LogP contribution in [0.25, 0.3) is 10.1 Å². The number of nitrogens with one attached hydrogen (secondary N) is 1.